The van der Waals surface area contributed by atoms with E-state index in [1.165, 1.54) is 23.4 Å². The highest BCUT2D eigenvalue weighted by molar-refractivity contribution is 5.98. The van der Waals surface area contributed by atoms with E-state index in [0.29, 0.717) is 42.6 Å². The Kier molecular flexibility index (Phi) is 6.41. The first-order valence-electron chi connectivity index (χ1n) is 10.7. The molecule has 2 amide bonds. The van der Waals surface area contributed by atoms with Gasteiger partial charge < -0.3 is 14.5 Å². The standard InChI is InChI=1S/C24H23F3N4O3/c1-30(2)22(32)17-5-8-19-20(13-17)28-14-29-21(19)15-9-11-31(12-10-15)23(33)16-3-6-18(7-4-16)34-24(25,26)27/h3-8,13-15H,9-12H2,1-2H3. The number of carbonyl (C=O) groups is 2. The summed E-state index contributed by atoms with van der Waals surface area (Å²) >= 11 is 0. The predicted molar refractivity (Wildman–Crippen MR) is 119 cm³/mol. The fourth-order valence-corrected chi connectivity index (χ4v) is 4.13. The van der Waals surface area contributed by atoms with Crippen LogP contribution in [0.4, 0.5) is 13.2 Å². The number of amides is 2. The van der Waals surface area contributed by atoms with Gasteiger partial charge in [-0.1, -0.05) is 6.07 Å². The van der Waals surface area contributed by atoms with E-state index in [2.05, 4.69) is 14.7 Å². The third-order valence-corrected chi connectivity index (χ3v) is 5.82. The Morgan fingerprint density at radius 3 is 2.26 bits per heavy atom. The van der Waals surface area contributed by atoms with E-state index in [1.807, 2.05) is 6.07 Å². The van der Waals surface area contributed by atoms with E-state index in [4.69, 9.17) is 0 Å². The second kappa shape index (κ2) is 9.28. The van der Waals surface area contributed by atoms with Crippen molar-refractivity contribution in [2.45, 2.75) is 25.1 Å². The molecule has 0 saturated carbocycles. The Morgan fingerprint density at radius 1 is 1.00 bits per heavy atom. The van der Waals surface area contributed by atoms with Crippen molar-refractivity contribution < 1.29 is 27.5 Å². The number of piperidine rings is 1. The molecule has 10 heteroatoms. The molecule has 1 aliphatic heterocycles. The molecular formula is C24H23F3N4O3. The van der Waals surface area contributed by atoms with Crippen molar-refractivity contribution in [3.05, 3.63) is 65.6 Å². The highest BCUT2D eigenvalue weighted by Crippen LogP contribution is 2.32. The third kappa shape index (κ3) is 5.11. The Hall–Kier alpha value is -3.69. The zero-order chi connectivity index (χ0) is 24.5. The molecule has 0 aliphatic carbocycles. The lowest BCUT2D eigenvalue weighted by molar-refractivity contribution is -0.274. The Labute approximate surface area is 194 Å². The first kappa shape index (κ1) is 23.5. The van der Waals surface area contributed by atoms with Gasteiger partial charge in [-0.25, -0.2) is 9.97 Å². The second-order valence-corrected chi connectivity index (χ2v) is 8.33. The minimum absolute atomic E-state index is 0.105. The predicted octanol–water partition coefficient (Wildman–Crippen LogP) is 4.25. The number of benzene rings is 2. The van der Waals surface area contributed by atoms with Gasteiger partial charge in [-0.2, -0.15) is 0 Å². The van der Waals surface area contributed by atoms with Crippen LogP contribution in [-0.4, -0.2) is 65.1 Å². The van der Waals surface area contributed by atoms with E-state index in [0.717, 1.165) is 23.2 Å². The summed E-state index contributed by atoms with van der Waals surface area (Å²) in [5.41, 5.74) is 2.43. The highest BCUT2D eigenvalue weighted by Gasteiger charge is 2.31. The van der Waals surface area contributed by atoms with Gasteiger partial charge in [0.05, 0.1) is 11.2 Å². The van der Waals surface area contributed by atoms with E-state index in [1.54, 1.807) is 31.1 Å². The van der Waals surface area contributed by atoms with E-state index >= 15 is 0 Å². The maximum atomic E-state index is 12.8. The van der Waals surface area contributed by atoms with Gasteiger partial charge in [-0.05, 0) is 49.2 Å². The van der Waals surface area contributed by atoms with E-state index in [9.17, 15) is 22.8 Å². The molecule has 34 heavy (non-hydrogen) atoms. The molecular weight excluding hydrogens is 449 g/mol. The van der Waals surface area contributed by atoms with Crippen molar-refractivity contribution in [3.8, 4) is 5.75 Å². The number of fused-ring (bicyclic) bond motifs is 1. The molecule has 0 spiro atoms. The summed E-state index contributed by atoms with van der Waals surface area (Å²) in [5.74, 6) is -0.593. The Morgan fingerprint density at radius 2 is 1.65 bits per heavy atom. The van der Waals surface area contributed by atoms with Crippen molar-refractivity contribution in [1.29, 1.82) is 0 Å². The van der Waals surface area contributed by atoms with Crippen molar-refractivity contribution in [1.82, 2.24) is 19.8 Å². The third-order valence-electron chi connectivity index (χ3n) is 5.82. The van der Waals surface area contributed by atoms with Crippen LogP contribution in [-0.2, 0) is 0 Å². The summed E-state index contributed by atoms with van der Waals surface area (Å²) in [6.07, 6.45) is -1.91. The molecule has 1 aromatic heterocycles. The number of aromatic nitrogens is 2. The molecule has 0 N–H and O–H groups in total. The number of halogens is 3. The molecule has 178 valence electrons. The molecule has 4 rings (SSSR count). The highest BCUT2D eigenvalue weighted by atomic mass is 19.4. The maximum absolute atomic E-state index is 12.8. The number of hydrogen-bond acceptors (Lipinski definition) is 5. The monoisotopic (exact) mass is 472 g/mol. The first-order valence-corrected chi connectivity index (χ1v) is 10.7. The number of likely N-dealkylation sites (tertiary alicyclic amines) is 1. The van der Waals surface area contributed by atoms with Gasteiger partial charge in [0.1, 0.15) is 12.1 Å². The normalized spacial score (nSPS) is 14.8. The zero-order valence-corrected chi connectivity index (χ0v) is 18.7. The molecule has 3 aromatic rings. The topological polar surface area (TPSA) is 75.6 Å². The minimum Gasteiger partial charge on any atom is -0.406 e. The van der Waals surface area contributed by atoms with Gasteiger partial charge in [0.2, 0.25) is 0 Å². The molecule has 2 aromatic carbocycles. The quantitative estimate of drug-likeness (QED) is 0.568. The number of rotatable bonds is 4. The lowest BCUT2D eigenvalue weighted by Crippen LogP contribution is -2.38. The number of nitrogens with zero attached hydrogens (tertiary/aromatic N) is 4. The number of alkyl halides is 3. The summed E-state index contributed by atoms with van der Waals surface area (Å²) in [7, 11) is 3.38. The smallest absolute Gasteiger partial charge is 0.406 e. The second-order valence-electron chi connectivity index (χ2n) is 8.33. The molecule has 1 saturated heterocycles. The van der Waals surface area contributed by atoms with Crippen LogP contribution in [0.5, 0.6) is 5.75 Å². The summed E-state index contributed by atoms with van der Waals surface area (Å²) in [6, 6.07) is 10.3. The number of ether oxygens (including phenoxy) is 1. The molecule has 0 bridgehead atoms. The Bertz CT molecular complexity index is 1200. The van der Waals surface area contributed by atoms with Crippen LogP contribution in [0.15, 0.2) is 48.8 Å². The van der Waals surface area contributed by atoms with Gasteiger partial charge in [0.25, 0.3) is 11.8 Å². The van der Waals surface area contributed by atoms with Crippen LogP contribution in [0.25, 0.3) is 10.9 Å². The summed E-state index contributed by atoms with van der Waals surface area (Å²) in [4.78, 5) is 37.1. The molecule has 0 radical (unpaired) electrons. The fourth-order valence-electron chi connectivity index (χ4n) is 4.13. The van der Waals surface area contributed by atoms with Crippen LogP contribution in [0.2, 0.25) is 0 Å². The van der Waals surface area contributed by atoms with Gasteiger partial charge >= 0.3 is 6.36 Å². The largest absolute Gasteiger partial charge is 0.573 e. The molecule has 7 nitrogen and oxygen atoms in total. The molecule has 0 unspecified atom stereocenters. The molecule has 2 heterocycles. The number of hydrogen-bond donors (Lipinski definition) is 0. The average molecular weight is 472 g/mol. The summed E-state index contributed by atoms with van der Waals surface area (Å²) in [5, 5.41) is 0.878. The zero-order valence-electron chi connectivity index (χ0n) is 18.7. The maximum Gasteiger partial charge on any atom is 0.573 e. The van der Waals surface area contributed by atoms with Crippen molar-refractivity contribution >= 4 is 22.7 Å². The first-order chi connectivity index (χ1) is 16.1. The Balaban J connectivity index is 1.44. The lowest BCUT2D eigenvalue weighted by atomic mass is 9.90. The molecule has 1 fully saturated rings. The van der Waals surface area contributed by atoms with Crippen LogP contribution in [0.3, 0.4) is 0 Å². The van der Waals surface area contributed by atoms with Crippen molar-refractivity contribution in [3.63, 3.8) is 0 Å². The summed E-state index contributed by atoms with van der Waals surface area (Å²) in [6.45, 7) is 0.986. The van der Waals surface area contributed by atoms with Crippen LogP contribution in [0, 0.1) is 0 Å². The van der Waals surface area contributed by atoms with Gasteiger partial charge in [0, 0.05) is 49.6 Å². The fraction of sp³-hybridized carbons (Fsp3) is 0.333. The number of carbonyl (C=O) groups excluding carboxylic acids is 2. The average Bonchev–Trinajstić information content (AvgIpc) is 2.82. The lowest BCUT2D eigenvalue weighted by Gasteiger charge is -2.32. The van der Waals surface area contributed by atoms with Crippen LogP contribution in [0.1, 0.15) is 45.2 Å². The minimum atomic E-state index is -4.78. The van der Waals surface area contributed by atoms with Crippen molar-refractivity contribution in [2.75, 3.05) is 27.2 Å². The van der Waals surface area contributed by atoms with Crippen LogP contribution >= 0.6 is 0 Å². The van der Waals surface area contributed by atoms with Crippen LogP contribution < -0.4 is 4.74 Å². The van der Waals surface area contributed by atoms with E-state index < -0.39 is 6.36 Å². The molecule has 1 aliphatic rings. The van der Waals surface area contributed by atoms with E-state index in [-0.39, 0.29) is 23.5 Å². The molecule has 0 atom stereocenters. The summed E-state index contributed by atoms with van der Waals surface area (Å²) < 4.78 is 40.8. The van der Waals surface area contributed by atoms with Gasteiger partial charge in [-0.3, -0.25) is 9.59 Å². The van der Waals surface area contributed by atoms with Crippen molar-refractivity contribution in [2.24, 2.45) is 0 Å². The van der Waals surface area contributed by atoms with Gasteiger partial charge in [-0.15, -0.1) is 13.2 Å². The van der Waals surface area contributed by atoms with Gasteiger partial charge in [0.15, 0.2) is 0 Å². The SMILES string of the molecule is CN(C)C(=O)c1ccc2c(C3CCN(C(=O)c4ccc(OC(F)(F)F)cc4)CC3)ncnc2c1.